The van der Waals surface area contributed by atoms with E-state index >= 15 is 0 Å². The zero-order valence-corrected chi connectivity index (χ0v) is 18.1. The molecule has 1 aromatic heterocycles. The third-order valence-corrected chi connectivity index (χ3v) is 5.70. The van der Waals surface area contributed by atoms with Gasteiger partial charge in [0.2, 0.25) is 0 Å². The smallest absolute Gasteiger partial charge is 0.343 e. The van der Waals surface area contributed by atoms with E-state index in [1.165, 1.54) is 36.6 Å². The number of halogens is 1. The molecule has 0 saturated carbocycles. The lowest BCUT2D eigenvalue weighted by Crippen LogP contribution is -2.30. The first-order valence-corrected chi connectivity index (χ1v) is 10.3. The van der Waals surface area contributed by atoms with Crippen molar-refractivity contribution in [1.82, 2.24) is 4.57 Å². The van der Waals surface area contributed by atoms with Crippen molar-refractivity contribution in [3.63, 3.8) is 0 Å². The highest BCUT2D eigenvalue weighted by atomic mass is 32.1. The molecule has 30 heavy (non-hydrogen) atoms. The lowest BCUT2D eigenvalue weighted by atomic mass is 9.94. The molecule has 8 heteroatoms. The number of aryl methyl sites for hydroxylation is 1. The highest BCUT2D eigenvalue weighted by molar-refractivity contribution is 7.16. The van der Waals surface area contributed by atoms with Gasteiger partial charge in [-0.1, -0.05) is 23.5 Å². The van der Waals surface area contributed by atoms with Crippen molar-refractivity contribution in [2.24, 2.45) is 10.4 Å². The Morgan fingerprint density at radius 3 is 2.60 bits per heavy atom. The predicted octanol–water partition coefficient (Wildman–Crippen LogP) is 4.18. The van der Waals surface area contributed by atoms with E-state index in [1.807, 2.05) is 17.6 Å². The molecule has 6 nitrogen and oxygen atoms in total. The zero-order chi connectivity index (χ0) is 21.9. The van der Waals surface area contributed by atoms with Crippen LogP contribution in [0.4, 0.5) is 4.39 Å². The van der Waals surface area contributed by atoms with E-state index in [9.17, 15) is 14.0 Å². The molecule has 0 amide bonds. The number of esters is 2. The number of hydrogen-bond donors (Lipinski definition) is 0. The molecule has 0 bridgehead atoms. The predicted molar refractivity (Wildman–Crippen MR) is 113 cm³/mol. The van der Waals surface area contributed by atoms with E-state index in [1.54, 1.807) is 32.0 Å². The Morgan fingerprint density at radius 2 is 1.93 bits per heavy atom. The second-order valence-electron chi connectivity index (χ2n) is 7.32. The van der Waals surface area contributed by atoms with Crippen LogP contribution in [0.1, 0.15) is 31.1 Å². The molecule has 3 aromatic rings. The van der Waals surface area contributed by atoms with Crippen molar-refractivity contribution in [2.45, 2.75) is 27.3 Å². The van der Waals surface area contributed by atoms with Gasteiger partial charge in [0, 0.05) is 6.54 Å². The first-order chi connectivity index (χ1) is 14.3. The minimum Gasteiger partial charge on any atom is -0.469 e. The highest BCUT2D eigenvalue weighted by Gasteiger charge is 2.28. The largest absolute Gasteiger partial charge is 0.469 e. The van der Waals surface area contributed by atoms with Gasteiger partial charge in [-0.15, -0.1) is 0 Å². The summed E-state index contributed by atoms with van der Waals surface area (Å²) in [7, 11) is 1.36. The van der Waals surface area contributed by atoms with Crippen LogP contribution in [0, 0.1) is 11.2 Å². The molecule has 2 aromatic carbocycles. The molecule has 0 saturated heterocycles. The van der Waals surface area contributed by atoms with Crippen LogP contribution in [0.25, 0.3) is 10.2 Å². The molecular weight excluding hydrogens is 407 g/mol. The standard InChI is InChI=1S/C22H23FN2O4S/c1-5-25-16-11-10-14(19(26)29-17-9-7-6-8-15(17)23)12-18(16)30-21(25)24-13-22(2,3)20(27)28-4/h6-12H,5,13H2,1-4H3. The van der Waals surface area contributed by atoms with Gasteiger partial charge < -0.3 is 14.0 Å². The van der Waals surface area contributed by atoms with Crippen molar-refractivity contribution in [3.05, 3.63) is 58.6 Å². The Labute approximate surface area is 177 Å². The fraction of sp³-hybridized carbons (Fsp3) is 0.318. The van der Waals surface area contributed by atoms with Gasteiger partial charge in [-0.2, -0.15) is 0 Å². The Balaban J connectivity index is 1.93. The molecule has 0 aliphatic rings. The number of hydrogen-bond acceptors (Lipinski definition) is 6. The first kappa shape index (κ1) is 21.7. The summed E-state index contributed by atoms with van der Waals surface area (Å²) in [6.07, 6.45) is 0. The third-order valence-electron chi connectivity index (χ3n) is 4.62. The maximum atomic E-state index is 13.8. The minimum atomic E-state index is -0.745. The quantitative estimate of drug-likeness (QED) is 0.435. The van der Waals surface area contributed by atoms with Crippen molar-refractivity contribution in [1.29, 1.82) is 0 Å². The van der Waals surface area contributed by atoms with Gasteiger partial charge in [-0.25, -0.2) is 9.18 Å². The number of methoxy groups -OCH3 is 1. The Bertz CT molecular complexity index is 1160. The number of fused-ring (bicyclic) bond motifs is 1. The number of benzene rings is 2. The first-order valence-electron chi connectivity index (χ1n) is 9.46. The summed E-state index contributed by atoms with van der Waals surface area (Å²) in [6.45, 7) is 6.51. The molecular formula is C22H23FN2O4S. The van der Waals surface area contributed by atoms with Crippen molar-refractivity contribution in [3.8, 4) is 5.75 Å². The maximum Gasteiger partial charge on any atom is 0.343 e. The number of thiazole rings is 1. The van der Waals surface area contributed by atoms with Crippen LogP contribution in [0.3, 0.4) is 0 Å². The molecule has 0 fully saturated rings. The zero-order valence-electron chi connectivity index (χ0n) is 17.3. The number of carbonyl (C=O) groups is 2. The van der Waals surface area contributed by atoms with Crippen LogP contribution >= 0.6 is 11.3 Å². The molecule has 158 valence electrons. The van der Waals surface area contributed by atoms with Crippen LogP contribution in [0.2, 0.25) is 0 Å². The number of ether oxygens (including phenoxy) is 2. The van der Waals surface area contributed by atoms with Crippen LogP contribution in [-0.2, 0) is 16.1 Å². The second-order valence-corrected chi connectivity index (χ2v) is 8.33. The normalized spacial score (nSPS) is 12.2. The fourth-order valence-electron chi connectivity index (χ4n) is 2.92. The molecule has 0 aliphatic heterocycles. The number of carbonyl (C=O) groups excluding carboxylic acids is 2. The lowest BCUT2D eigenvalue weighted by molar-refractivity contribution is -0.150. The summed E-state index contributed by atoms with van der Waals surface area (Å²) >= 11 is 1.41. The Hall–Kier alpha value is -3.00. The van der Waals surface area contributed by atoms with Gasteiger partial charge in [0.25, 0.3) is 0 Å². The fourth-order valence-corrected chi connectivity index (χ4v) is 4.05. The second kappa shape index (κ2) is 8.79. The van der Waals surface area contributed by atoms with Crippen molar-refractivity contribution >= 4 is 33.5 Å². The number of aromatic nitrogens is 1. The molecule has 0 N–H and O–H groups in total. The SMILES string of the molecule is CCn1c(=NCC(C)(C)C(=O)OC)sc2cc(C(=O)Oc3ccccc3F)ccc21. The van der Waals surface area contributed by atoms with Crippen molar-refractivity contribution < 1.29 is 23.5 Å². The van der Waals surface area contributed by atoms with Gasteiger partial charge in [-0.3, -0.25) is 9.79 Å². The monoisotopic (exact) mass is 430 g/mol. The van der Waals surface area contributed by atoms with Gasteiger partial charge in [0.05, 0.1) is 34.8 Å². The van der Waals surface area contributed by atoms with E-state index in [2.05, 4.69) is 4.99 Å². The summed E-state index contributed by atoms with van der Waals surface area (Å²) in [5.41, 5.74) is 0.488. The summed E-state index contributed by atoms with van der Waals surface area (Å²) in [5.74, 6) is -1.67. The number of rotatable bonds is 6. The number of para-hydroxylation sites is 1. The van der Waals surface area contributed by atoms with E-state index < -0.39 is 17.2 Å². The van der Waals surface area contributed by atoms with Gasteiger partial charge in [0.15, 0.2) is 16.4 Å². The maximum absolute atomic E-state index is 13.8. The average Bonchev–Trinajstić information content (AvgIpc) is 3.09. The molecule has 0 atom stereocenters. The summed E-state index contributed by atoms with van der Waals surface area (Å²) in [4.78, 5) is 29.7. The summed E-state index contributed by atoms with van der Waals surface area (Å²) < 4.78 is 26.6. The van der Waals surface area contributed by atoms with E-state index in [4.69, 9.17) is 9.47 Å². The van der Waals surface area contributed by atoms with Crippen molar-refractivity contribution in [2.75, 3.05) is 13.7 Å². The van der Waals surface area contributed by atoms with Gasteiger partial charge in [-0.05, 0) is 51.1 Å². The third kappa shape index (κ3) is 4.43. The summed E-state index contributed by atoms with van der Waals surface area (Å²) in [6, 6.07) is 10.9. The van der Waals surface area contributed by atoms with Gasteiger partial charge >= 0.3 is 11.9 Å². The number of nitrogens with zero attached hydrogens (tertiary/aromatic N) is 2. The Kier molecular flexibility index (Phi) is 6.36. The Morgan fingerprint density at radius 1 is 1.20 bits per heavy atom. The molecule has 3 rings (SSSR count). The molecule has 0 unspecified atom stereocenters. The average molecular weight is 431 g/mol. The van der Waals surface area contributed by atoms with E-state index in [-0.39, 0.29) is 18.3 Å². The van der Waals surface area contributed by atoms with E-state index in [0.29, 0.717) is 12.1 Å². The van der Waals surface area contributed by atoms with E-state index in [0.717, 1.165) is 15.0 Å². The lowest BCUT2D eigenvalue weighted by Gasteiger charge is -2.18. The van der Waals surface area contributed by atoms with Crippen LogP contribution in [0.5, 0.6) is 5.75 Å². The molecule has 0 spiro atoms. The van der Waals surface area contributed by atoms with Crippen LogP contribution < -0.4 is 9.54 Å². The molecule has 0 aliphatic carbocycles. The highest BCUT2D eigenvalue weighted by Crippen LogP contribution is 2.23. The minimum absolute atomic E-state index is 0.113. The molecule has 1 heterocycles. The molecule has 0 radical (unpaired) electrons. The summed E-state index contributed by atoms with van der Waals surface area (Å²) in [5, 5.41) is 0. The topological polar surface area (TPSA) is 69.9 Å². The van der Waals surface area contributed by atoms with Crippen LogP contribution in [0.15, 0.2) is 47.5 Å². The van der Waals surface area contributed by atoms with Crippen LogP contribution in [-0.4, -0.2) is 30.2 Å². The van der Waals surface area contributed by atoms with Gasteiger partial charge in [0.1, 0.15) is 0 Å².